The fourth-order valence-electron chi connectivity index (χ4n) is 2.37. The predicted octanol–water partition coefficient (Wildman–Crippen LogP) is 3.01. The van der Waals surface area contributed by atoms with Crippen molar-refractivity contribution in [1.29, 1.82) is 0 Å². The molecule has 6 heteroatoms. The van der Waals surface area contributed by atoms with Gasteiger partial charge in [-0.2, -0.15) is 0 Å². The number of ketones is 1. The van der Waals surface area contributed by atoms with Gasteiger partial charge >= 0.3 is 0 Å². The van der Waals surface area contributed by atoms with Crippen molar-refractivity contribution >= 4 is 17.6 Å². The molecular weight excluding hydrogens is 306 g/mol. The fourth-order valence-corrected chi connectivity index (χ4v) is 2.37. The lowest BCUT2D eigenvalue weighted by Crippen LogP contribution is -2.16. The molecule has 126 valence electrons. The van der Waals surface area contributed by atoms with Crippen LogP contribution in [0.1, 0.15) is 40.2 Å². The van der Waals surface area contributed by atoms with Gasteiger partial charge in [-0.25, -0.2) is 9.97 Å². The molecule has 1 amide bonds. The minimum absolute atomic E-state index is 0.0618. The van der Waals surface area contributed by atoms with Gasteiger partial charge in [0.05, 0.1) is 12.7 Å². The van der Waals surface area contributed by atoms with Crippen LogP contribution in [0.2, 0.25) is 0 Å². The van der Waals surface area contributed by atoms with Gasteiger partial charge in [-0.05, 0) is 39.0 Å². The summed E-state index contributed by atoms with van der Waals surface area (Å²) < 4.78 is 5.21. The van der Waals surface area contributed by atoms with Crippen molar-refractivity contribution < 1.29 is 14.3 Å². The second kappa shape index (κ2) is 7.68. The Balaban J connectivity index is 1.98. The lowest BCUT2D eigenvalue weighted by atomic mass is 10.0. The van der Waals surface area contributed by atoms with Crippen molar-refractivity contribution in [2.45, 2.75) is 33.6 Å². The van der Waals surface area contributed by atoms with Crippen LogP contribution in [0.3, 0.4) is 0 Å². The van der Waals surface area contributed by atoms with E-state index in [0.717, 1.165) is 17.0 Å². The van der Waals surface area contributed by atoms with Gasteiger partial charge in [-0.15, -0.1) is 0 Å². The summed E-state index contributed by atoms with van der Waals surface area (Å²) in [5.41, 5.74) is 3.01. The highest BCUT2D eigenvalue weighted by Crippen LogP contribution is 2.21. The Labute approximate surface area is 141 Å². The third-order valence-electron chi connectivity index (χ3n) is 3.47. The van der Waals surface area contributed by atoms with Gasteiger partial charge in [-0.1, -0.05) is 11.6 Å². The first-order valence-corrected chi connectivity index (χ1v) is 7.69. The van der Waals surface area contributed by atoms with E-state index in [-0.39, 0.29) is 30.5 Å². The molecule has 0 aliphatic rings. The molecule has 1 heterocycles. The number of hydrogen-bond donors (Lipinski definition) is 1. The summed E-state index contributed by atoms with van der Waals surface area (Å²) in [6, 6.07) is 7.22. The van der Waals surface area contributed by atoms with Gasteiger partial charge < -0.3 is 4.74 Å². The predicted molar refractivity (Wildman–Crippen MR) is 91.4 cm³/mol. The second-order valence-electron chi connectivity index (χ2n) is 5.65. The first-order chi connectivity index (χ1) is 11.4. The van der Waals surface area contributed by atoms with Crippen LogP contribution in [-0.4, -0.2) is 28.8 Å². The van der Waals surface area contributed by atoms with E-state index in [1.165, 1.54) is 7.11 Å². The molecular formula is C18H21N3O3. The van der Waals surface area contributed by atoms with Gasteiger partial charge in [0, 0.05) is 24.2 Å². The topological polar surface area (TPSA) is 81.2 Å². The average Bonchev–Trinajstić information content (AvgIpc) is 2.51. The Morgan fingerprint density at radius 2 is 1.71 bits per heavy atom. The number of aromatic nitrogens is 2. The van der Waals surface area contributed by atoms with Crippen LogP contribution in [0.25, 0.3) is 0 Å². The van der Waals surface area contributed by atoms with Crippen LogP contribution in [0.5, 0.6) is 5.75 Å². The number of ether oxygens (including phenoxy) is 1. The Hall–Kier alpha value is -2.76. The first kappa shape index (κ1) is 17.6. The third-order valence-corrected chi connectivity index (χ3v) is 3.47. The molecule has 0 saturated carbocycles. The van der Waals surface area contributed by atoms with Crippen molar-refractivity contribution in [3.8, 4) is 5.75 Å². The Morgan fingerprint density at radius 1 is 1.04 bits per heavy atom. The van der Waals surface area contributed by atoms with Crippen LogP contribution in [-0.2, 0) is 4.79 Å². The minimum atomic E-state index is -0.292. The smallest absolute Gasteiger partial charge is 0.229 e. The molecule has 0 aliphatic heterocycles. The van der Waals surface area contributed by atoms with Crippen LogP contribution < -0.4 is 10.1 Å². The number of anilines is 1. The van der Waals surface area contributed by atoms with Gasteiger partial charge in [0.25, 0.3) is 0 Å². The van der Waals surface area contributed by atoms with Crippen LogP contribution in [0.15, 0.2) is 24.3 Å². The van der Waals surface area contributed by atoms with Crippen LogP contribution in [0.4, 0.5) is 5.95 Å². The van der Waals surface area contributed by atoms with E-state index in [0.29, 0.717) is 11.3 Å². The molecule has 1 aromatic carbocycles. The number of rotatable bonds is 6. The quantitative estimate of drug-likeness (QED) is 0.825. The largest absolute Gasteiger partial charge is 0.496 e. The third kappa shape index (κ3) is 4.62. The normalized spacial score (nSPS) is 10.3. The summed E-state index contributed by atoms with van der Waals surface area (Å²) in [5.74, 6) is 0.355. The van der Waals surface area contributed by atoms with Crippen molar-refractivity contribution in [1.82, 2.24) is 9.97 Å². The van der Waals surface area contributed by atoms with E-state index >= 15 is 0 Å². The maximum atomic E-state index is 12.4. The van der Waals surface area contributed by atoms with E-state index in [4.69, 9.17) is 4.74 Å². The maximum absolute atomic E-state index is 12.4. The highest BCUT2D eigenvalue weighted by atomic mass is 16.5. The first-order valence-electron chi connectivity index (χ1n) is 7.69. The molecule has 0 unspecified atom stereocenters. The van der Waals surface area contributed by atoms with Gasteiger partial charge in [0.2, 0.25) is 11.9 Å². The number of amides is 1. The number of Topliss-reactive ketones (excluding diaryl/α,β-unsaturated/α-hetero) is 1. The SMILES string of the molecule is COc1ccc(C)cc1C(=O)CCC(=O)Nc1nc(C)cc(C)n1. The second-order valence-corrected chi connectivity index (χ2v) is 5.65. The number of carbonyl (C=O) groups is 2. The number of methoxy groups -OCH3 is 1. The standard InChI is InChI=1S/C18H21N3O3/c1-11-5-7-16(24-4)14(9-11)15(22)6-8-17(23)21-18-19-12(2)10-13(3)20-18/h5,7,9-10H,6,8H2,1-4H3,(H,19,20,21,23). The minimum Gasteiger partial charge on any atom is -0.496 e. The van der Waals surface area contributed by atoms with Crippen LogP contribution in [0, 0.1) is 20.8 Å². The Bertz CT molecular complexity index is 752. The van der Waals surface area contributed by atoms with Crippen molar-refractivity contribution in [3.63, 3.8) is 0 Å². The zero-order valence-corrected chi connectivity index (χ0v) is 14.3. The summed E-state index contributed by atoms with van der Waals surface area (Å²) in [7, 11) is 1.52. The summed E-state index contributed by atoms with van der Waals surface area (Å²) in [5, 5.41) is 2.63. The number of benzene rings is 1. The lowest BCUT2D eigenvalue weighted by Gasteiger charge is -2.09. The number of hydrogen-bond acceptors (Lipinski definition) is 5. The van der Waals surface area contributed by atoms with Crippen LogP contribution >= 0.6 is 0 Å². The molecule has 0 aliphatic carbocycles. The van der Waals surface area contributed by atoms with E-state index in [1.807, 2.05) is 32.9 Å². The summed E-state index contributed by atoms with van der Waals surface area (Å²) in [6.45, 7) is 5.57. The van der Waals surface area contributed by atoms with Crippen molar-refractivity contribution in [2.75, 3.05) is 12.4 Å². The molecule has 1 N–H and O–H groups in total. The number of carbonyl (C=O) groups excluding carboxylic acids is 2. The Morgan fingerprint density at radius 3 is 2.33 bits per heavy atom. The van der Waals surface area contributed by atoms with E-state index in [9.17, 15) is 9.59 Å². The molecule has 0 fully saturated rings. The fraction of sp³-hybridized carbons (Fsp3) is 0.333. The average molecular weight is 327 g/mol. The zero-order valence-electron chi connectivity index (χ0n) is 14.3. The number of nitrogens with one attached hydrogen (secondary N) is 1. The summed E-state index contributed by atoms with van der Waals surface area (Å²) in [4.78, 5) is 32.7. The highest BCUT2D eigenvalue weighted by molar-refractivity contribution is 6.01. The van der Waals surface area contributed by atoms with Crippen molar-refractivity contribution in [3.05, 3.63) is 46.8 Å². The number of aryl methyl sites for hydroxylation is 3. The van der Waals surface area contributed by atoms with Gasteiger partial charge in [0.1, 0.15) is 5.75 Å². The maximum Gasteiger partial charge on any atom is 0.229 e. The monoisotopic (exact) mass is 327 g/mol. The molecule has 1 aromatic heterocycles. The Kier molecular flexibility index (Phi) is 5.63. The molecule has 6 nitrogen and oxygen atoms in total. The van der Waals surface area contributed by atoms with Gasteiger partial charge in [-0.3, -0.25) is 14.9 Å². The molecule has 0 saturated heterocycles. The summed E-state index contributed by atoms with van der Waals surface area (Å²) >= 11 is 0. The van der Waals surface area contributed by atoms with E-state index in [2.05, 4.69) is 15.3 Å². The molecule has 2 aromatic rings. The van der Waals surface area contributed by atoms with E-state index in [1.54, 1.807) is 12.1 Å². The molecule has 0 bridgehead atoms. The molecule has 24 heavy (non-hydrogen) atoms. The number of nitrogens with zero attached hydrogens (tertiary/aromatic N) is 2. The lowest BCUT2D eigenvalue weighted by molar-refractivity contribution is -0.116. The molecule has 0 radical (unpaired) electrons. The van der Waals surface area contributed by atoms with Gasteiger partial charge in [0.15, 0.2) is 5.78 Å². The highest BCUT2D eigenvalue weighted by Gasteiger charge is 2.15. The van der Waals surface area contributed by atoms with Crippen molar-refractivity contribution in [2.24, 2.45) is 0 Å². The molecule has 2 rings (SSSR count). The van der Waals surface area contributed by atoms with E-state index < -0.39 is 0 Å². The molecule has 0 atom stereocenters. The summed E-state index contributed by atoms with van der Waals surface area (Å²) in [6.07, 6.45) is 0.155. The molecule has 0 spiro atoms. The zero-order chi connectivity index (χ0) is 17.7.